The molecule has 1 aromatic heterocycles. The number of hydrogen-bond acceptors (Lipinski definition) is 6. The van der Waals surface area contributed by atoms with Crippen LogP contribution in [0.4, 0.5) is 0 Å². The summed E-state index contributed by atoms with van der Waals surface area (Å²) in [6.07, 6.45) is 1.96. The SMILES string of the molecule is N#Cc1ccc(S(=O)(=O)N2CSCC2C(=O)N2CCCC2)s1. The molecule has 0 aromatic carbocycles. The first-order valence-electron chi connectivity index (χ1n) is 6.92. The summed E-state index contributed by atoms with van der Waals surface area (Å²) < 4.78 is 26.9. The Hall–Kier alpha value is -1.08. The van der Waals surface area contributed by atoms with Crippen LogP contribution >= 0.6 is 23.1 Å². The fourth-order valence-electron chi connectivity index (χ4n) is 2.64. The number of thiophene rings is 1. The van der Waals surface area contributed by atoms with Crippen LogP contribution in [0.5, 0.6) is 0 Å². The summed E-state index contributed by atoms with van der Waals surface area (Å²) in [6.45, 7) is 1.43. The largest absolute Gasteiger partial charge is 0.341 e. The molecule has 118 valence electrons. The van der Waals surface area contributed by atoms with Crippen molar-refractivity contribution in [3.63, 3.8) is 0 Å². The molecule has 3 rings (SSSR count). The quantitative estimate of drug-likeness (QED) is 0.814. The number of thioether (sulfide) groups is 1. The van der Waals surface area contributed by atoms with E-state index in [0.29, 0.717) is 23.7 Å². The van der Waals surface area contributed by atoms with Crippen molar-refractivity contribution in [2.24, 2.45) is 0 Å². The summed E-state index contributed by atoms with van der Waals surface area (Å²) >= 11 is 2.40. The molecule has 1 atom stereocenters. The highest BCUT2D eigenvalue weighted by atomic mass is 32.2. The lowest BCUT2D eigenvalue weighted by atomic mass is 10.3. The Morgan fingerprint density at radius 3 is 2.68 bits per heavy atom. The lowest BCUT2D eigenvalue weighted by Gasteiger charge is -2.25. The van der Waals surface area contributed by atoms with E-state index in [2.05, 4.69) is 0 Å². The fraction of sp³-hybridized carbons (Fsp3) is 0.538. The summed E-state index contributed by atoms with van der Waals surface area (Å²) in [7, 11) is -3.72. The van der Waals surface area contributed by atoms with E-state index in [4.69, 9.17) is 5.26 Å². The van der Waals surface area contributed by atoms with Crippen molar-refractivity contribution in [2.75, 3.05) is 24.7 Å². The van der Waals surface area contributed by atoms with Gasteiger partial charge in [0.05, 0.1) is 5.88 Å². The minimum Gasteiger partial charge on any atom is -0.341 e. The van der Waals surface area contributed by atoms with E-state index in [1.165, 1.54) is 28.2 Å². The molecule has 2 aliphatic heterocycles. The Kier molecular flexibility index (Phi) is 4.45. The summed E-state index contributed by atoms with van der Waals surface area (Å²) in [6, 6.07) is 4.26. The lowest BCUT2D eigenvalue weighted by Crippen LogP contribution is -2.47. The maximum Gasteiger partial charge on any atom is 0.254 e. The van der Waals surface area contributed by atoms with Gasteiger partial charge in [-0.25, -0.2) is 8.42 Å². The number of nitriles is 1. The van der Waals surface area contributed by atoms with Gasteiger partial charge in [-0.2, -0.15) is 9.57 Å². The third kappa shape index (κ3) is 2.76. The summed E-state index contributed by atoms with van der Waals surface area (Å²) in [5, 5.41) is 8.85. The highest BCUT2D eigenvalue weighted by Gasteiger charge is 2.42. The highest BCUT2D eigenvalue weighted by molar-refractivity contribution is 8.01. The molecule has 1 aromatic rings. The van der Waals surface area contributed by atoms with E-state index in [-0.39, 0.29) is 16.0 Å². The van der Waals surface area contributed by atoms with Crippen LogP contribution < -0.4 is 0 Å². The Morgan fingerprint density at radius 1 is 1.32 bits per heavy atom. The van der Waals surface area contributed by atoms with Gasteiger partial charge in [0.15, 0.2) is 0 Å². The predicted molar refractivity (Wildman–Crippen MR) is 85.0 cm³/mol. The average molecular weight is 357 g/mol. The van der Waals surface area contributed by atoms with Crippen molar-refractivity contribution in [3.05, 3.63) is 17.0 Å². The molecule has 1 unspecified atom stereocenters. The molecule has 9 heteroatoms. The number of likely N-dealkylation sites (tertiary alicyclic amines) is 1. The van der Waals surface area contributed by atoms with Gasteiger partial charge in [-0.3, -0.25) is 4.79 Å². The third-order valence-corrected chi connectivity index (χ3v) is 8.29. The molecule has 3 heterocycles. The Balaban J connectivity index is 1.85. The molecule has 6 nitrogen and oxygen atoms in total. The number of amides is 1. The third-order valence-electron chi connectivity index (χ3n) is 3.80. The maximum atomic E-state index is 12.7. The number of nitrogens with zero attached hydrogens (tertiary/aromatic N) is 3. The van der Waals surface area contributed by atoms with Gasteiger partial charge in [0.25, 0.3) is 10.0 Å². The van der Waals surface area contributed by atoms with Gasteiger partial charge in [-0.05, 0) is 25.0 Å². The number of hydrogen-bond donors (Lipinski definition) is 0. The molecular weight excluding hydrogens is 342 g/mol. The fourth-order valence-corrected chi connectivity index (χ4v) is 7.01. The van der Waals surface area contributed by atoms with Crippen molar-refractivity contribution in [1.29, 1.82) is 5.26 Å². The maximum absolute atomic E-state index is 12.7. The second-order valence-electron chi connectivity index (χ2n) is 5.17. The number of carbonyl (C=O) groups excluding carboxylic acids is 1. The second-order valence-corrected chi connectivity index (χ2v) is 9.37. The van der Waals surface area contributed by atoms with E-state index in [9.17, 15) is 13.2 Å². The van der Waals surface area contributed by atoms with Crippen LogP contribution in [-0.2, 0) is 14.8 Å². The zero-order chi connectivity index (χ0) is 15.7. The van der Waals surface area contributed by atoms with Crippen LogP contribution in [-0.4, -0.2) is 54.3 Å². The lowest BCUT2D eigenvalue weighted by molar-refractivity contribution is -0.133. The molecule has 0 spiro atoms. The number of sulfonamides is 1. The molecule has 1 amide bonds. The van der Waals surface area contributed by atoms with Gasteiger partial charge in [-0.15, -0.1) is 23.1 Å². The van der Waals surface area contributed by atoms with Gasteiger partial charge in [0.1, 0.15) is 21.2 Å². The Labute approximate surface area is 137 Å². The van der Waals surface area contributed by atoms with Crippen LogP contribution in [0.25, 0.3) is 0 Å². The van der Waals surface area contributed by atoms with Gasteiger partial charge < -0.3 is 4.90 Å². The Bertz CT molecular complexity index is 716. The molecule has 0 bridgehead atoms. The van der Waals surface area contributed by atoms with Gasteiger partial charge in [0.2, 0.25) is 5.91 Å². The van der Waals surface area contributed by atoms with Crippen LogP contribution in [0.15, 0.2) is 16.3 Å². The normalized spacial score (nSPS) is 22.9. The van der Waals surface area contributed by atoms with Crippen molar-refractivity contribution in [1.82, 2.24) is 9.21 Å². The van der Waals surface area contributed by atoms with E-state index in [0.717, 1.165) is 24.2 Å². The Morgan fingerprint density at radius 2 is 2.05 bits per heavy atom. The minimum atomic E-state index is -3.72. The number of carbonyl (C=O) groups is 1. The zero-order valence-corrected chi connectivity index (χ0v) is 14.2. The topological polar surface area (TPSA) is 81.5 Å². The molecular formula is C13H15N3O3S3. The second kappa shape index (κ2) is 6.20. The van der Waals surface area contributed by atoms with Crippen molar-refractivity contribution < 1.29 is 13.2 Å². The van der Waals surface area contributed by atoms with Crippen molar-refractivity contribution in [2.45, 2.75) is 23.1 Å². The molecule has 0 N–H and O–H groups in total. The molecule has 2 aliphatic rings. The van der Waals surface area contributed by atoms with E-state index >= 15 is 0 Å². The smallest absolute Gasteiger partial charge is 0.254 e. The first kappa shape index (κ1) is 15.8. The molecule has 0 saturated carbocycles. The predicted octanol–water partition coefficient (Wildman–Crippen LogP) is 1.31. The minimum absolute atomic E-state index is 0.0943. The van der Waals surface area contributed by atoms with Gasteiger partial charge in [-0.1, -0.05) is 0 Å². The first-order chi connectivity index (χ1) is 10.5. The summed E-state index contributed by atoms with van der Waals surface area (Å²) in [5.41, 5.74) is 0. The summed E-state index contributed by atoms with van der Waals surface area (Å²) in [4.78, 5) is 14.7. The number of rotatable bonds is 3. The zero-order valence-electron chi connectivity index (χ0n) is 11.8. The van der Waals surface area contributed by atoms with Crippen LogP contribution in [0.2, 0.25) is 0 Å². The van der Waals surface area contributed by atoms with Crippen molar-refractivity contribution >= 4 is 39.0 Å². The monoisotopic (exact) mass is 357 g/mol. The van der Waals surface area contributed by atoms with Gasteiger partial charge in [0, 0.05) is 18.8 Å². The van der Waals surface area contributed by atoms with Crippen molar-refractivity contribution in [3.8, 4) is 6.07 Å². The molecule has 0 radical (unpaired) electrons. The van der Waals surface area contributed by atoms with Crippen LogP contribution in [0, 0.1) is 11.3 Å². The molecule has 22 heavy (non-hydrogen) atoms. The van der Waals surface area contributed by atoms with Gasteiger partial charge >= 0.3 is 0 Å². The molecule has 2 fully saturated rings. The first-order valence-corrected chi connectivity index (χ1v) is 10.3. The molecule has 0 aliphatic carbocycles. The van der Waals surface area contributed by atoms with E-state index in [1.807, 2.05) is 6.07 Å². The van der Waals surface area contributed by atoms with Crippen LogP contribution in [0.3, 0.4) is 0 Å². The average Bonchev–Trinajstić information content (AvgIpc) is 3.26. The van der Waals surface area contributed by atoms with E-state index < -0.39 is 16.1 Å². The standard InChI is InChI=1S/C13H15N3O3S3/c14-7-10-3-4-12(21-10)22(18,19)16-9-20-8-11(16)13(17)15-5-1-2-6-15/h3-4,11H,1-2,5-6,8-9H2. The van der Waals surface area contributed by atoms with Crippen LogP contribution in [0.1, 0.15) is 17.7 Å². The highest BCUT2D eigenvalue weighted by Crippen LogP contribution is 2.32. The van der Waals surface area contributed by atoms with E-state index in [1.54, 1.807) is 4.90 Å². The molecule has 2 saturated heterocycles. The summed E-state index contributed by atoms with van der Waals surface area (Å²) in [5.74, 6) is 0.681.